The summed E-state index contributed by atoms with van der Waals surface area (Å²) in [5.41, 5.74) is 10.7. The molecule has 0 aliphatic heterocycles. The average Bonchev–Trinajstić information content (AvgIpc) is 2.20. The van der Waals surface area contributed by atoms with E-state index in [9.17, 15) is 4.79 Å². The van der Waals surface area contributed by atoms with E-state index >= 15 is 0 Å². The molecule has 0 aromatic rings. The van der Waals surface area contributed by atoms with Gasteiger partial charge in [-0.15, -0.1) is 0 Å². The second-order valence-corrected chi connectivity index (χ2v) is 5.49. The standard InChI is InChI=1S/C13H28N2O2/c1-13(2,3)17-12(16)11(15)9-7-5-4-6-8-10-14/h11H,4-10,14-15H2,1-3H3/t11-/m1/s1. The number of carbonyl (C=O) groups excluding carboxylic acids is 1. The zero-order valence-electron chi connectivity index (χ0n) is 11.5. The van der Waals surface area contributed by atoms with Gasteiger partial charge in [0, 0.05) is 0 Å². The van der Waals surface area contributed by atoms with Gasteiger partial charge in [-0.05, 0) is 40.2 Å². The largest absolute Gasteiger partial charge is 0.459 e. The number of carbonyl (C=O) groups is 1. The van der Waals surface area contributed by atoms with Gasteiger partial charge in [0.25, 0.3) is 0 Å². The van der Waals surface area contributed by atoms with Gasteiger partial charge in [0.2, 0.25) is 0 Å². The third-order valence-electron chi connectivity index (χ3n) is 2.43. The van der Waals surface area contributed by atoms with Crippen molar-refractivity contribution in [2.45, 2.75) is 70.9 Å². The molecular formula is C13H28N2O2. The van der Waals surface area contributed by atoms with Crippen LogP contribution in [0.4, 0.5) is 0 Å². The van der Waals surface area contributed by atoms with E-state index in [1.807, 2.05) is 20.8 Å². The summed E-state index contributed by atoms with van der Waals surface area (Å²) >= 11 is 0. The van der Waals surface area contributed by atoms with Crippen molar-refractivity contribution in [2.75, 3.05) is 6.54 Å². The third kappa shape index (κ3) is 10.3. The molecule has 0 fully saturated rings. The average molecular weight is 244 g/mol. The Labute approximate surface area is 105 Å². The molecule has 17 heavy (non-hydrogen) atoms. The van der Waals surface area contributed by atoms with Gasteiger partial charge >= 0.3 is 5.97 Å². The smallest absolute Gasteiger partial charge is 0.323 e. The van der Waals surface area contributed by atoms with E-state index in [-0.39, 0.29) is 5.97 Å². The van der Waals surface area contributed by atoms with Crippen LogP contribution in [0, 0.1) is 0 Å². The molecule has 0 bridgehead atoms. The van der Waals surface area contributed by atoms with Crippen LogP contribution in [0.5, 0.6) is 0 Å². The molecular weight excluding hydrogens is 216 g/mol. The van der Waals surface area contributed by atoms with Gasteiger partial charge < -0.3 is 16.2 Å². The lowest BCUT2D eigenvalue weighted by Gasteiger charge is -2.22. The Kier molecular flexibility index (Phi) is 8.17. The lowest BCUT2D eigenvalue weighted by atomic mass is 10.1. The van der Waals surface area contributed by atoms with Crippen LogP contribution in [0.15, 0.2) is 0 Å². The Morgan fingerprint density at radius 2 is 1.65 bits per heavy atom. The molecule has 0 aromatic heterocycles. The summed E-state index contributed by atoms with van der Waals surface area (Å²) in [7, 11) is 0. The molecule has 4 heteroatoms. The van der Waals surface area contributed by atoms with Crippen LogP contribution in [0.25, 0.3) is 0 Å². The fourth-order valence-electron chi connectivity index (χ4n) is 1.53. The highest BCUT2D eigenvalue weighted by molar-refractivity contribution is 5.75. The van der Waals surface area contributed by atoms with Gasteiger partial charge in [-0.1, -0.05) is 25.7 Å². The highest BCUT2D eigenvalue weighted by atomic mass is 16.6. The zero-order valence-corrected chi connectivity index (χ0v) is 11.5. The maximum atomic E-state index is 11.6. The van der Waals surface area contributed by atoms with Gasteiger partial charge in [-0.2, -0.15) is 0 Å². The van der Waals surface area contributed by atoms with Crippen molar-refractivity contribution >= 4 is 5.97 Å². The van der Waals surface area contributed by atoms with Crippen LogP contribution < -0.4 is 11.5 Å². The fourth-order valence-corrected chi connectivity index (χ4v) is 1.53. The number of hydrogen-bond acceptors (Lipinski definition) is 4. The molecule has 0 aliphatic rings. The van der Waals surface area contributed by atoms with Crippen LogP contribution in [0.2, 0.25) is 0 Å². The molecule has 0 amide bonds. The van der Waals surface area contributed by atoms with Gasteiger partial charge in [-0.3, -0.25) is 4.79 Å². The SMILES string of the molecule is CC(C)(C)OC(=O)[C@H](N)CCCCCCCN. The van der Waals surface area contributed by atoms with E-state index in [0.29, 0.717) is 6.42 Å². The first-order chi connectivity index (χ1) is 7.87. The maximum absolute atomic E-state index is 11.6. The minimum atomic E-state index is -0.483. The summed E-state index contributed by atoms with van der Waals surface area (Å²) in [5.74, 6) is -0.292. The third-order valence-corrected chi connectivity index (χ3v) is 2.43. The minimum absolute atomic E-state index is 0.292. The molecule has 0 heterocycles. The highest BCUT2D eigenvalue weighted by Gasteiger charge is 2.21. The fraction of sp³-hybridized carbons (Fsp3) is 0.923. The second kappa shape index (κ2) is 8.48. The van der Waals surface area contributed by atoms with Crippen molar-refractivity contribution in [1.29, 1.82) is 0 Å². The number of esters is 1. The maximum Gasteiger partial charge on any atom is 0.323 e. The zero-order chi connectivity index (χ0) is 13.3. The Bertz CT molecular complexity index is 212. The molecule has 0 rings (SSSR count). The van der Waals surface area contributed by atoms with Crippen LogP contribution in [-0.4, -0.2) is 24.2 Å². The monoisotopic (exact) mass is 244 g/mol. The van der Waals surface area contributed by atoms with Crippen molar-refractivity contribution < 1.29 is 9.53 Å². The predicted octanol–water partition coefficient (Wildman–Crippen LogP) is 1.95. The normalized spacial score (nSPS) is 13.5. The summed E-state index contributed by atoms with van der Waals surface area (Å²) in [5, 5.41) is 0. The molecule has 102 valence electrons. The Balaban J connectivity index is 3.58. The van der Waals surface area contributed by atoms with Crippen LogP contribution in [0.3, 0.4) is 0 Å². The van der Waals surface area contributed by atoms with E-state index in [0.717, 1.165) is 38.6 Å². The van der Waals surface area contributed by atoms with Crippen molar-refractivity contribution in [1.82, 2.24) is 0 Å². The second-order valence-electron chi connectivity index (χ2n) is 5.49. The number of unbranched alkanes of at least 4 members (excludes halogenated alkanes) is 4. The van der Waals surface area contributed by atoms with Crippen molar-refractivity contribution in [2.24, 2.45) is 11.5 Å². The topological polar surface area (TPSA) is 78.3 Å². The first-order valence-corrected chi connectivity index (χ1v) is 6.55. The van der Waals surface area contributed by atoms with Crippen LogP contribution in [0.1, 0.15) is 59.3 Å². The van der Waals surface area contributed by atoms with E-state index in [1.54, 1.807) is 0 Å². The summed E-state index contributed by atoms with van der Waals surface area (Å²) in [6.07, 6.45) is 6.20. The molecule has 0 spiro atoms. The van der Waals surface area contributed by atoms with Gasteiger partial charge in [0.15, 0.2) is 0 Å². The minimum Gasteiger partial charge on any atom is -0.459 e. The van der Waals surface area contributed by atoms with Crippen molar-refractivity contribution in [3.8, 4) is 0 Å². The molecule has 0 saturated heterocycles. The molecule has 0 saturated carbocycles. The van der Waals surface area contributed by atoms with Crippen LogP contribution in [-0.2, 0) is 9.53 Å². The number of ether oxygens (including phenoxy) is 1. The summed E-state index contributed by atoms with van der Waals surface area (Å²) in [6, 6.07) is -0.483. The molecule has 4 N–H and O–H groups in total. The molecule has 0 unspecified atom stereocenters. The number of nitrogens with two attached hydrogens (primary N) is 2. The number of hydrogen-bond donors (Lipinski definition) is 2. The summed E-state index contributed by atoms with van der Waals surface area (Å²) in [4.78, 5) is 11.6. The quantitative estimate of drug-likeness (QED) is 0.505. The van der Waals surface area contributed by atoms with Crippen LogP contribution >= 0.6 is 0 Å². The lowest BCUT2D eigenvalue weighted by Crippen LogP contribution is -2.37. The summed E-state index contributed by atoms with van der Waals surface area (Å²) in [6.45, 7) is 6.32. The predicted molar refractivity (Wildman–Crippen MR) is 70.6 cm³/mol. The van der Waals surface area contributed by atoms with Gasteiger partial charge in [0.05, 0.1) is 0 Å². The van der Waals surface area contributed by atoms with E-state index in [1.165, 1.54) is 0 Å². The van der Waals surface area contributed by atoms with Crippen molar-refractivity contribution in [3.63, 3.8) is 0 Å². The van der Waals surface area contributed by atoms with E-state index in [2.05, 4.69) is 0 Å². The first-order valence-electron chi connectivity index (χ1n) is 6.55. The van der Waals surface area contributed by atoms with E-state index in [4.69, 9.17) is 16.2 Å². The Morgan fingerprint density at radius 1 is 1.12 bits per heavy atom. The first kappa shape index (κ1) is 16.4. The highest BCUT2D eigenvalue weighted by Crippen LogP contribution is 2.11. The van der Waals surface area contributed by atoms with Gasteiger partial charge in [0.1, 0.15) is 11.6 Å². The van der Waals surface area contributed by atoms with Crippen molar-refractivity contribution in [3.05, 3.63) is 0 Å². The Morgan fingerprint density at radius 3 is 2.18 bits per heavy atom. The number of rotatable bonds is 8. The molecule has 0 aliphatic carbocycles. The lowest BCUT2D eigenvalue weighted by molar-refractivity contribution is -0.156. The summed E-state index contributed by atoms with van der Waals surface area (Å²) < 4.78 is 5.21. The van der Waals surface area contributed by atoms with E-state index < -0.39 is 11.6 Å². The molecule has 4 nitrogen and oxygen atoms in total. The van der Waals surface area contributed by atoms with Gasteiger partial charge in [-0.25, -0.2) is 0 Å². The molecule has 0 radical (unpaired) electrons. The Hall–Kier alpha value is -0.610. The molecule has 1 atom stereocenters. The molecule has 0 aromatic carbocycles.